The van der Waals surface area contributed by atoms with Gasteiger partial charge in [0.25, 0.3) is 0 Å². The number of hydrogen-bond donors (Lipinski definition) is 3. The van der Waals surface area contributed by atoms with Crippen LogP contribution in [-0.4, -0.2) is 39.9 Å². The molecule has 0 heterocycles. The maximum Gasteiger partial charge on any atom is 0.0840 e. The molecule has 3 unspecified atom stereocenters. The molecule has 24 heavy (non-hydrogen) atoms. The zero-order valence-corrected chi connectivity index (χ0v) is 14.3. The van der Waals surface area contributed by atoms with Crippen LogP contribution in [0.3, 0.4) is 0 Å². The molecule has 0 amide bonds. The maximum absolute atomic E-state index is 10.5. The van der Waals surface area contributed by atoms with Gasteiger partial charge in [-0.3, -0.25) is 4.90 Å². The number of hydrogen-bond acceptors (Lipinski definition) is 4. The van der Waals surface area contributed by atoms with Crippen molar-refractivity contribution >= 4 is 0 Å². The normalized spacial score (nSPS) is 15.2. The van der Waals surface area contributed by atoms with Crippen molar-refractivity contribution in [3.8, 4) is 0 Å². The van der Waals surface area contributed by atoms with Crippen LogP contribution >= 0.6 is 0 Å². The molecule has 130 valence electrons. The van der Waals surface area contributed by atoms with Gasteiger partial charge in [0.1, 0.15) is 0 Å². The van der Waals surface area contributed by atoms with Gasteiger partial charge in [0.05, 0.1) is 18.8 Å². The van der Waals surface area contributed by atoms with Crippen LogP contribution in [0.2, 0.25) is 0 Å². The van der Waals surface area contributed by atoms with E-state index in [0.29, 0.717) is 6.54 Å². The second kappa shape index (κ2) is 8.94. The number of aliphatic hydroxyl groups is 3. The van der Waals surface area contributed by atoms with Gasteiger partial charge in [-0.15, -0.1) is 0 Å². The minimum Gasteiger partial charge on any atom is -0.392 e. The summed E-state index contributed by atoms with van der Waals surface area (Å²) in [7, 11) is 1.96. The van der Waals surface area contributed by atoms with E-state index in [4.69, 9.17) is 5.11 Å². The second-order valence-electron chi connectivity index (χ2n) is 6.45. The summed E-state index contributed by atoms with van der Waals surface area (Å²) >= 11 is 0. The molecule has 3 atom stereocenters. The molecular formula is C20H27NO3. The van der Waals surface area contributed by atoms with Gasteiger partial charge in [-0.1, -0.05) is 61.5 Å². The molecule has 2 aromatic carbocycles. The van der Waals surface area contributed by atoms with Crippen LogP contribution in [0, 0.1) is 5.92 Å². The third kappa shape index (κ3) is 5.14. The smallest absolute Gasteiger partial charge is 0.0840 e. The SMILES string of the molecule is CC(C(O)CN(C)Cc1ccccc1)C(O)c1ccc(CO)cc1. The second-order valence-corrected chi connectivity index (χ2v) is 6.45. The van der Waals surface area contributed by atoms with Crippen LogP contribution in [-0.2, 0) is 13.2 Å². The molecule has 0 saturated heterocycles. The fraction of sp³-hybridized carbons (Fsp3) is 0.400. The molecule has 0 bridgehead atoms. The zero-order valence-electron chi connectivity index (χ0n) is 14.3. The molecule has 4 nitrogen and oxygen atoms in total. The highest BCUT2D eigenvalue weighted by atomic mass is 16.3. The van der Waals surface area contributed by atoms with E-state index in [1.807, 2.05) is 32.2 Å². The van der Waals surface area contributed by atoms with Crippen molar-refractivity contribution < 1.29 is 15.3 Å². The summed E-state index contributed by atoms with van der Waals surface area (Å²) in [6.07, 6.45) is -1.37. The van der Waals surface area contributed by atoms with Gasteiger partial charge in [-0.25, -0.2) is 0 Å². The van der Waals surface area contributed by atoms with Gasteiger partial charge in [0, 0.05) is 19.0 Å². The largest absolute Gasteiger partial charge is 0.392 e. The van der Waals surface area contributed by atoms with Crippen LogP contribution in [0.1, 0.15) is 29.7 Å². The van der Waals surface area contributed by atoms with Gasteiger partial charge in [-0.05, 0) is 23.7 Å². The van der Waals surface area contributed by atoms with E-state index >= 15 is 0 Å². The first-order valence-electron chi connectivity index (χ1n) is 8.29. The molecule has 0 fully saturated rings. The molecule has 0 aliphatic rings. The molecule has 2 aromatic rings. The molecule has 4 heteroatoms. The highest BCUT2D eigenvalue weighted by Crippen LogP contribution is 2.25. The summed E-state index contributed by atoms with van der Waals surface area (Å²) in [6, 6.07) is 17.3. The Labute approximate surface area is 144 Å². The van der Waals surface area contributed by atoms with Crippen LogP contribution in [0.15, 0.2) is 54.6 Å². The molecule has 0 radical (unpaired) electrons. The fourth-order valence-corrected chi connectivity index (χ4v) is 2.78. The van der Waals surface area contributed by atoms with Crippen molar-refractivity contribution in [3.05, 3.63) is 71.3 Å². The van der Waals surface area contributed by atoms with Crippen LogP contribution in [0.4, 0.5) is 0 Å². The Morgan fingerprint density at radius 3 is 2.12 bits per heavy atom. The number of rotatable bonds is 8. The zero-order chi connectivity index (χ0) is 17.5. The van der Waals surface area contributed by atoms with Crippen molar-refractivity contribution in [2.75, 3.05) is 13.6 Å². The Kier molecular flexibility index (Phi) is 6.94. The van der Waals surface area contributed by atoms with E-state index in [-0.39, 0.29) is 12.5 Å². The summed E-state index contributed by atoms with van der Waals surface area (Å²) < 4.78 is 0. The van der Waals surface area contributed by atoms with E-state index in [9.17, 15) is 10.2 Å². The fourth-order valence-electron chi connectivity index (χ4n) is 2.78. The molecule has 0 aliphatic carbocycles. The van der Waals surface area contributed by atoms with Gasteiger partial charge < -0.3 is 15.3 Å². The molecule has 3 N–H and O–H groups in total. The number of benzene rings is 2. The summed E-state index contributed by atoms with van der Waals surface area (Å²) in [5.41, 5.74) is 2.76. The average molecular weight is 329 g/mol. The predicted molar refractivity (Wildman–Crippen MR) is 95.3 cm³/mol. The molecule has 0 saturated carbocycles. The Bertz CT molecular complexity index is 600. The number of aliphatic hydroxyl groups excluding tert-OH is 3. The lowest BCUT2D eigenvalue weighted by atomic mass is 9.92. The first kappa shape index (κ1) is 18.6. The van der Waals surface area contributed by atoms with E-state index in [2.05, 4.69) is 17.0 Å². The van der Waals surface area contributed by atoms with Gasteiger partial charge >= 0.3 is 0 Å². The highest BCUT2D eigenvalue weighted by Gasteiger charge is 2.24. The van der Waals surface area contributed by atoms with Crippen molar-refractivity contribution in [2.45, 2.75) is 32.3 Å². The third-order valence-electron chi connectivity index (χ3n) is 4.40. The molecular weight excluding hydrogens is 302 g/mol. The third-order valence-corrected chi connectivity index (χ3v) is 4.40. The Hall–Kier alpha value is -1.72. The quantitative estimate of drug-likeness (QED) is 0.696. The standard InChI is InChI=1S/C20H27NO3/c1-15(20(24)18-10-8-17(14-22)9-11-18)19(23)13-21(2)12-16-6-4-3-5-7-16/h3-11,15,19-20,22-24H,12-14H2,1-2H3. The van der Waals surface area contributed by atoms with Crippen LogP contribution in [0.25, 0.3) is 0 Å². The molecule has 0 spiro atoms. The van der Waals surface area contributed by atoms with Crippen LogP contribution in [0.5, 0.6) is 0 Å². The van der Waals surface area contributed by atoms with Crippen LogP contribution < -0.4 is 0 Å². The van der Waals surface area contributed by atoms with Crippen molar-refractivity contribution in [1.82, 2.24) is 4.90 Å². The van der Waals surface area contributed by atoms with Gasteiger partial charge in [0.15, 0.2) is 0 Å². The monoisotopic (exact) mass is 329 g/mol. The topological polar surface area (TPSA) is 63.9 Å². The van der Waals surface area contributed by atoms with E-state index < -0.39 is 12.2 Å². The first-order chi connectivity index (χ1) is 11.5. The predicted octanol–water partition coefficient (Wildman–Crippen LogP) is 2.34. The van der Waals surface area contributed by atoms with Gasteiger partial charge in [-0.2, -0.15) is 0 Å². The number of likely N-dealkylation sites (N-methyl/N-ethyl adjacent to an activating group) is 1. The molecule has 2 rings (SSSR count). The Morgan fingerprint density at radius 1 is 0.917 bits per heavy atom. The lowest BCUT2D eigenvalue weighted by molar-refractivity contribution is 0.00451. The van der Waals surface area contributed by atoms with Crippen molar-refractivity contribution in [1.29, 1.82) is 0 Å². The minimum atomic E-state index is -0.738. The molecule has 0 aliphatic heterocycles. The number of nitrogens with zero attached hydrogens (tertiary/aromatic N) is 1. The Balaban J connectivity index is 1.91. The van der Waals surface area contributed by atoms with E-state index in [1.165, 1.54) is 5.56 Å². The first-order valence-corrected chi connectivity index (χ1v) is 8.29. The summed E-state index contributed by atoms with van der Waals surface area (Å²) in [5.74, 6) is -0.289. The highest BCUT2D eigenvalue weighted by molar-refractivity contribution is 5.24. The summed E-state index contributed by atoms with van der Waals surface area (Å²) in [6.45, 7) is 3.08. The average Bonchev–Trinajstić information content (AvgIpc) is 2.61. The Morgan fingerprint density at radius 2 is 1.54 bits per heavy atom. The lowest BCUT2D eigenvalue weighted by Gasteiger charge is -2.28. The molecule has 0 aromatic heterocycles. The summed E-state index contributed by atoms with van der Waals surface area (Å²) in [4.78, 5) is 2.05. The van der Waals surface area contributed by atoms with Crippen molar-refractivity contribution in [3.63, 3.8) is 0 Å². The van der Waals surface area contributed by atoms with Gasteiger partial charge in [0.2, 0.25) is 0 Å². The van der Waals surface area contributed by atoms with Crippen molar-refractivity contribution in [2.24, 2.45) is 5.92 Å². The minimum absolute atomic E-state index is 0.0150. The summed E-state index contributed by atoms with van der Waals surface area (Å²) in [5, 5.41) is 30.0. The maximum atomic E-state index is 10.5. The van der Waals surface area contributed by atoms with E-state index in [0.717, 1.165) is 17.7 Å². The lowest BCUT2D eigenvalue weighted by Crippen LogP contribution is -2.35. The van der Waals surface area contributed by atoms with E-state index in [1.54, 1.807) is 24.3 Å².